The van der Waals surface area contributed by atoms with Crippen LogP contribution in [0.25, 0.3) is 0 Å². The molecule has 0 saturated carbocycles. The van der Waals surface area contributed by atoms with Crippen molar-refractivity contribution in [1.82, 2.24) is 5.32 Å². The standard InChI is InChI=1S/C23H20Cl3NO4.ClH/c1-28-22-8-15(11-27-10-14-2-5-20-21(7-14)31-13-30-20)6-19(26)23(22)29-12-16-3-4-17(24)9-18(16)25;/h2-9,27H,10-13H2,1H3;1H. The molecule has 0 bridgehead atoms. The predicted octanol–water partition coefficient (Wildman–Crippen LogP) is 6.67. The lowest BCUT2D eigenvalue weighted by Crippen LogP contribution is -2.13. The Morgan fingerprint density at radius 3 is 2.44 bits per heavy atom. The minimum atomic E-state index is 0. The third kappa shape index (κ3) is 5.85. The van der Waals surface area contributed by atoms with E-state index in [4.69, 9.17) is 53.8 Å². The first-order valence-corrected chi connectivity index (χ1v) is 10.7. The van der Waals surface area contributed by atoms with Crippen LogP contribution in [0.2, 0.25) is 15.1 Å². The van der Waals surface area contributed by atoms with Crippen molar-refractivity contribution >= 4 is 47.2 Å². The molecular weight excluding hydrogens is 496 g/mol. The summed E-state index contributed by atoms with van der Waals surface area (Å²) in [5, 5.41) is 4.96. The van der Waals surface area contributed by atoms with Crippen LogP contribution in [0, 0.1) is 0 Å². The first kappa shape index (κ1) is 24.6. The molecule has 0 aliphatic carbocycles. The Morgan fingerprint density at radius 2 is 1.66 bits per heavy atom. The van der Waals surface area contributed by atoms with Gasteiger partial charge >= 0.3 is 0 Å². The van der Waals surface area contributed by atoms with E-state index in [0.717, 1.165) is 28.2 Å². The molecule has 9 heteroatoms. The van der Waals surface area contributed by atoms with Gasteiger partial charge in [0.15, 0.2) is 23.0 Å². The maximum Gasteiger partial charge on any atom is 0.231 e. The Bertz CT molecular complexity index is 1090. The molecule has 0 spiro atoms. The minimum Gasteiger partial charge on any atom is -0.493 e. The van der Waals surface area contributed by atoms with Crippen molar-refractivity contribution < 1.29 is 18.9 Å². The summed E-state index contributed by atoms with van der Waals surface area (Å²) in [6.45, 7) is 1.79. The van der Waals surface area contributed by atoms with E-state index in [-0.39, 0.29) is 25.8 Å². The topological polar surface area (TPSA) is 49.0 Å². The molecule has 0 radical (unpaired) electrons. The van der Waals surface area contributed by atoms with Gasteiger partial charge in [-0.15, -0.1) is 12.4 Å². The second-order valence-corrected chi connectivity index (χ2v) is 8.18. The smallest absolute Gasteiger partial charge is 0.231 e. The van der Waals surface area contributed by atoms with E-state index in [9.17, 15) is 0 Å². The summed E-state index contributed by atoms with van der Waals surface area (Å²) < 4.78 is 22.2. The summed E-state index contributed by atoms with van der Waals surface area (Å²) >= 11 is 18.7. The molecule has 0 atom stereocenters. The maximum absolute atomic E-state index is 6.49. The van der Waals surface area contributed by atoms with E-state index in [1.165, 1.54) is 0 Å². The Kier molecular flexibility index (Phi) is 8.63. The molecule has 0 unspecified atom stereocenters. The van der Waals surface area contributed by atoms with Crippen molar-refractivity contribution in [2.75, 3.05) is 13.9 Å². The van der Waals surface area contributed by atoms with Gasteiger partial charge in [0.25, 0.3) is 0 Å². The zero-order valence-electron chi connectivity index (χ0n) is 17.1. The summed E-state index contributed by atoms with van der Waals surface area (Å²) in [5.41, 5.74) is 2.88. The SMILES string of the molecule is COc1cc(CNCc2ccc3c(c2)OCO3)cc(Cl)c1OCc1ccc(Cl)cc1Cl.Cl. The number of hydrogen-bond acceptors (Lipinski definition) is 5. The van der Waals surface area contributed by atoms with Gasteiger partial charge in [0.1, 0.15) is 6.61 Å². The van der Waals surface area contributed by atoms with Crippen LogP contribution in [0.3, 0.4) is 0 Å². The van der Waals surface area contributed by atoms with Gasteiger partial charge in [-0.3, -0.25) is 0 Å². The quantitative estimate of drug-likeness (QED) is 0.362. The number of ether oxygens (including phenoxy) is 4. The lowest BCUT2D eigenvalue weighted by atomic mass is 10.1. The van der Waals surface area contributed by atoms with Gasteiger partial charge in [-0.05, 0) is 47.5 Å². The molecule has 0 fully saturated rings. The van der Waals surface area contributed by atoms with E-state index in [2.05, 4.69) is 5.32 Å². The Balaban J connectivity index is 0.00000289. The van der Waals surface area contributed by atoms with E-state index in [0.29, 0.717) is 39.7 Å². The summed E-state index contributed by atoms with van der Waals surface area (Å²) in [4.78, 5) is 0. The zero-order chi connectivity index (χ0) is 21.8. The van der Waals surface area contributed by atoms with Crippen LogP contribution >= 0.6 is 47.2 Å². The molecule has 1 N–H and O–H groups in total. The normalized spacial score (nSPS) is 11.8. The van der Waals surface area contributed by atoms with Crippen LogP contribution in [0.4, 0.5) is 0 Å². The van der Waals surface area contributed by atoms with Crippen LogP contribution in [0.5, 0.6) is 23.0 Å². The molecule has 170 valence electrons. The van der Waals surface area contributed by atoms with Gasteiger partial charge in [0, 0.05) is 28.7 Å². The number of rotatable bonds is 8. The fraction of sp³-hybridized carbons (Fsp3) is 0.217. The zero-order valence-corrected chi connectivity index (χ0v) is 20.2. The molecule has 0 amide bonds. The van der Waals surface area contributed by atoms with Crippen molar-refractivity contribution in [2.24, 2.45) is 0 Å². The first-order chi connectivity index (χ1) is 15.0. The van der Waals surface area contributed by atoms with Gasteiger partial charge in [-0.1, -0.05) is 46.9 Å². The number of benzene rings is 3. The summed E-state index contributed by atoms with van der Waals surface area (Å²) in [5.74, 6) is 2.56. The average molecular weight is 517 g/mol. The van der Waals surface area contributed by atoms with Crippen molar-refractivity contribution in [2.45, 2.75) is 19.7 Å². The number of hydrogen-bond donors (Lipinski definition) is 1. The van der Waals surface area contributed by atoms with Gasteiger partial charge in [-0.2, -0.15) is 0 Å². The number of fused-ring (bicyclic) bond motifs is 1. The lowest BCUT2D eigenvalue weighted by Gasteiger charge is -2.15. The highest BCUT2D eigenvalue weighted by Gasteiger charge is 2.15. The van der Waals surface area contributed by atoms with Gasteiger partial charge in [0.2, 0.25) is 6.79 Å². The molecule has 1 aliphatic rings. The van der Waals surface area contributed by atoms with Crippen molar-refractivity contribution in [3.05, 3.63) is 80.3 Å². The van der Waals surface area contributed by atoms with E-state index in [1.807, 2.05) is 36.4 Å². The van der Waals surface area contributed by atoms with Gasteiger partial charge in [-0.25, -0.2) is 0 Å². The van der Waals surface area contributed by atoms with Gasteiger partial charge < -0.3 is 24.3 Å². The van der Waals surface area contributed by atoms with Crippen molar-refractivity contribution in [1.29, 1.82) is 0 Å². The van der Waals surface area contributed by atoms with E-state index >= 15 is 0 Å². The van der Waals surface area contributed by atoms with Gasteiger partial charge in [0.05, 0.1) is 12.1 Å². The van der Waals surface area contributed by atoms with Crippen LogP contribution in [-0.4, -0.2) is 13.9 Å². The number of nitrogens with one attached hydrogen (secondary N) is 1. The summed E-state index contributed by atoms with van der Waals surface area (Å²) in [6, 6.07) is 14.9. The third-order valence-corrected chi connectivity index (χ3v) is 5.64. The largest absolute Gasteiger partial charge is 0.493 e. The molecule has 5 nitrogen and oxygen atoms in total. The molecule has 32 heavy (non-hydrogen) atoms. The Hall–Kier alpha value is -2.02. The Labute approximate surface area is 207 Å². The van der Waals surface area contributed by atoms with Crippen LogP contribution < -0.4 is 24.3 Å². The molecule has 3 aromatic rings. The number of halogens is 4. The monoisotopic (exact) mass is 515 g/mol. The fourth-order valence-corrected chi connectivity index (χ4v) is 3.96. The molecule has 0 aromatic heterocycles. The second-order valence-electron chi connectivity index (χ2n) is 6.92. The maximum atomic E-state index is 6.49. The van der Waals surface area contributed by atoms with E-state index in [1.54, 1.807) is 19.2 Å². The Morgan fingerprint density at radius 1 is 0.875 bits per heavy atom. The molecule has 1 aliphatic heterocycles. The lowest BCUT2D eigenvalue weighted by molar-refractivity contribution is 0.174. The minimum absolute atomic E-state index is 0. The summed E-state index contributed by atoms with van der Waals surface area (Å²) in [7, 11) is 1.58. The molecule has 0 saturated heterocycles. The number of methoxy groups -OCH3 is 1. The van der Waals surface area contributed by atoms with Crippen molar-refractivity contribution in [3.8, 4) is 23.0 Å². The van der Waals surface area contributed by atoms with Crippen LogP contribution in [0.15, 0.2) is 48.5 Å². The van der Waals surface area contributed by atoms with E-state index < -0.39 is 0 Å². The molecular formula is C23H21Cl4NO4. The highest BCUT2D eigenvalue weighted by Crippen LogP contribution is 2.37. The highest BCUT2D eigenvalue weighted by molar-refractivity contribution is 6.35. The molecule has 4 rings (SSSR count). The van der Waals surface area contributed by atoms with Crippen molar-refractivity contribution in [3.63, 3.8) is 0 Å². The summed E-state index contributed by atoms with van der Waals surface area (Å²) in [6.07, 6.45) is 0. The predicted molar refractivity (Wildman–Crippen MR) is 129 cm³/mol. The third-order valence-electron chi connectivity index (χ3n) is 4.77. The second kappa shape index (κ2) is 11.2. The van der Waals surface area contributed by atoms with Crippen LogP contribution in [0.1, 0.15) is 16.7 Å². The highest BCUT2D eigenvalue weighted by atomic mass is 35.5. The average Bonchev–Trinajstić information content (AvgIpc) is 3.21. The molecule has 1 heterocycles. The van der Waals surface area contributed by atoms with Crippen LogP contribution in [-0.2, 0) is 19.7 Å². The molecule has 3 aromatic carbocycles. The first-order valence-electron chi connectivity index (χ1n) is 9.56. The fourth-order valence-electron chi connectivity index (χ4n) is 3.21.